The van der Waals surface area contributed by atoms with Crippen LogP contribution in [0.25, 0.3) is 11.1 Å². The second-order valence-corrected chi connectivity index (χ2v) is 8.21. The van der Waals surface area contributed by atoms with Crippen molar-refractivity contribution < 1.29 is 19.7 Å². The summed E-state index contributed by atoms with van der Waals surface area (Å²) in [6, 6.07) is 23.5. The van der Waals surface area contributed by atoms with E-state index in [1.807, 2.05) is 55.4 Å². The third-order valence-electron chi connectivity index (χ3n) is 5.89. The number of aliphatic hydroxyl groups is 2. The Morgan fingerprint density at radius 2 is 1.59 bits per heavy atom. The Hall–Kier alpha value is -3.35. The van der Waals surface area contributed by atoms with E-state index < -0.39 is 18.3 Å². The second-order valence-electron chi connectivity index (χ2n) is 8.21. The molecular weight excluding hydrogens is 404 g/mol. The van der Waals surface area contributed by atoms with Crippen molar-refractivity contribution >= 4 is 11.8 Å². The van der Waals surface area contributed by atoms with Crippen molar-refractivity contribution in [3.63, 3.8) is 0 Å². The Labute approximate surface area is 188 Å². The van der Waals surface area contributed by atoms with E-state index in [1.54, 1.807) is 12.1 Å². The van der Waals surface area contributed by atoms with Crippen molar-refractivity contribution in [3.8, 4) is 11.1 Å². The van der Waals surface area contributed by atoms with E-state index in [0.29, 0.717) is 5.56 Å². The molecule has 0 aromatic heterocycles. The van der Waals surface area contributed by atoms with Crippen LogP contribution < -0.4 is 10.2 Å². The number of anilines is 1. The molecule has 3 aromatic rings. The molecule has 0 saturated carbocycles. The number of carbonyl (C=O) groups excluding carboxylic acids is 1. The third kappa shape index (κ3) is 4.47. The molecule has 4 rings (SSSR count). The van der Waals surface area contributed by atoms with Crippen molar-refractivity contribution in [2.24, 2.45) is 0 Å². The lowest BCUT2D eigenvalue weighted by atomic mass is 9.98. The number of hydrogen-bond acceptors (Lipinski definition) is 5. The molecule has 0 bridgehead atoms. The largest absolute Gasteiger partial charge is 0.449 e. The predicted molar refractivity (Wildman–Crippen MR) is 125 cm³/mol. The van der Waals surface area contributed by atoms with E-state index in [4.69, 9.17) is 4.74 Å². The molecule has 0 saturated heterocycles. The Kier molecular flexibility index (Phi) is 6.44. The molecule has 32 heavy (non-hydrogen) atoms. The zero-order chi connectivity index (χ0) is 22.7. The van der Waals surface area contributed by atoms with Crippen LogP contribution in [-0.4, -0.2) is 49.7 Å². The molecular formula is C26H28N2O4. The van der Waals surface area contributed by atoms with Crippen LogP contribution in [0.5, 0.6) is 0 Å². The lowest BCUT2D eigenvalue weighted by Crippen LogP contribution is -2.36. The minimum Gasteiger partial charge on any atom is -0.449 e. The number of nitrogens with one attached hydrogen (secondary N) is 1. The van der Waals surface area contributed by atoms with Gasteiger partial charge in [0.25, 0.3) is 0 Å². The van der Waals surface area contributed by atoms with Gasteiger partial charge in [0.1, 0.15) is 18.8 Å². The number of fused-ring (bicyclic) bond motifs is 3. The number of carbonyl (C=O) groups is 1. The van der Waals surface area contributed by atoms with E-state index >= 15 is 0 Å². The Morgan fingerprint density at radius 3 is 2.22 bits per heavy atom. The average Bonchev–Trinajstić information content (AvgIpc) is 3.14. The fourth-order valence-electron chi connectivity index (χ4n) is 4.16. The van der Waals surface area contributed by atoms with Crippen LogP contribution in [0.4, 0.5) is 10.5 Å². The fraction of sp³-hybridized carbons (Fsp3) is 0.269. The second kappa shape index (κ2) is 9.42. The Morgan fingerprint density at radius 1 is 0.969 bits per heavy atom. The molecule has 166 valence electrons. The first-order valence-electron chi connectivity index (χ1n) is 10.7. The SMILES string of the molecule is CN(C)c1cccc(C(O)C(O)CNC(=O)OCC2c3ccccc3-c3ccccc32)c1. The summed E-state index contributed by atoms with van der Waals surface area (Å²) in [5.41, 5.74) is 6.10. The molecule has 0 aliphatic heterocycles. The molecule has 6 heteroatoms. The van der Waals surface area contributed by atoms with Crippen molar-refractivity contribution in [1.29, 1.82) is 0 Å². The van der Waals surface area contributed by atoms with Gasteiger partial charge in [0.05, 0.1) is 0 Å². The number of amides is 1. The van der Waals surface area contributed by atoms with Crippen LogP contribution >= 0.6 is 0 Å². The van der Waals surface area contributed by atoms with Gasteiger partial charge < -0.3 is 25.2 Å². The van der Waals surface area contributed by atoms with Crippen LogP contribution in [0, 0.1) is 0 Å². The van der Waals surface area contributed by atoms with Gasteiger partial charge in [-0.15, -0.1) is 0 Å². The van der Waals surface area contributed by atoms with Crippen molar-refractivity contribution in [2.75, 3.05) is 32.1 Å². The first-order chi connectivity index (χ1) is 15.5. The molecule has 0 fully saturated rings. The van der Waals surface area contributed by atoms with E-state index in [2.05, 4.69) is 29.6 Å². The minimum atomic E-state index is -1.16. The van der Waals surface area contributed by atoms with Crippen LogP contribution in [0.1, 0.15) is 28.7 Å². The van der Waals surface area contributed by atoms with Gasteiger partial charge in [-0.1, -0.05) is 60.7 Å². The number of benzene rings is 3. The lowest BCUT2D eigenvalue weighted by Gasteiger charge is -2.21. The first-order valence-corrected chi connectivity index (χ1v) is 10.7. The maximum Gasteiger partial charge on any atom is 0.407 e. The number of hydrogen-bond donors (Lipinski definition) is 3. The third-order valence-corrected chi connectivity index (χ3v) is 5.89. The highest BCUT2D eigenvalue weighted by atomic mass is 16.5. The molecule has 6 nitrogen and oxygen atoms in total. The molecule has 3 N–H and O–H groups in total. The number of ether oxygens (including phenoxy) is 1. The van der Waals surface area contributed by atoms with Crippen LogP contribution in [0.3, 0.4) is 0 Å². The van der Waals surface area contributed by atoms with Gasteiger partial charge in [0.15, 0.2) is 0 Å². The number of alkyl carbamates (subject to hydrolysis) is 1. The molecule has 1 aliphatic rings. The maximum atomic E-state index is 12.3. The first kappa shape index (κ1) is 21.9. The highest BCUT2D eigenvalue weighted by molar-refractivity contribution is 5.79. The summed E-state index contributed by atoms with van der Waals surface area (Å²) < 4.78 is 5.48. The monoisotopic (exact) mass is 432 g/mol. The van der Waals surface area contributed by atoms with E-state index in [9.17, 15) is 15.0 Å². The van der Waals surface area contributed by atoms with Gasteiger partial charge in [-0.3, -0.25) is 0 Å². The summed E-state index contributed by atoms with van der Waals surface area (Å²) in [6.07, 6.45) is -2.91. The molecule has 2 atom stereocenters. The lowest BCUT2D eigenvalue weighted by molar-refractivity contribution is 0.0186. The molecule has 0 heterocycles. The summed E-state index contributed by atoms with van der Waals surface area (Å²) >= 11 is 0. The Balaban J connectivity index is 1.33. The van der Waals surface area contributed by atoms with Gasteiger partial charge in [-0.2, -0.15) is 0 Å². The summed E-state index contributed by atoms with van der Waals surface area (Å²) in [6.45, 7) is 0.0768. The van der Waals surface area contributed by atoms with E-state index in [-0.39, 0.29) is 19.1 Å². The standard InChI is InChI=1S/C26H28N2O4/c1-28(2)18-9-7-8-17(14-18)25(30)24(29)15-27-26(31)32-16-23-21-12-5-3-10-19(21)20-11-4-6-13-22(20)23/h3-14,23-25,29-30H,15-16H2,1-2H3,(H,27,31). The highest BCUT2D eigenvalue weighted by Crippen LogP contribution is 2.44. The molecule has 1 aliphatic carbocycles. The van der Waals surface area contributed by atoms with Crippen LogP contribution in [0.2, 0.25) is 0 Å². The zero-order valence-electron chi connectivity index (χ0n) is 18.2. The summed E-state index contributed by atoms with van der Waals surface area (Å²) in [5.74, 6) is -0.0302. The van der Waals surface area contributed by atoms with Crippen molar-refractivity contribution in [3.05, 3.63) is 89.5 Å². The number of aliphatic hydroxyl groups excluding tert-OH is 2. The van der Waals surface area contributed by atoms with Gasteiger partial charge in [0, 0.05) is 32.2 Å². The van der Waals surface area contributed by atoms with Crippen molar-refractivity contribution in [1.82, 2.24) is 5.32 Å². The topological polar surface area (TPSA) is 82.0 Å². The van der Waals surface area contributed by atoms with Gasteiger partial charge in [-0.25, -0.2) is 4.79 Å². The summed E-state index contributed by atoms with van der Waals surface area (Å²) in [4.78, 5) is 14.2. The molecule has 1 amide bonds. The normalized spacial score (nSPS) is 14.2. The smallest absolute Gasteiger partial charge is 0.407 e. The van der Waals surface area contributed by atoms with Gasteiger partial charge in [0.2, 0.25) is 0 Å². The molecule has 0 radical (unpaired) electrons. The fourth-order valence-corrected chi connectivity index (χ4v) is 4.16. The zero-order valence-corrected chi connectivity index (χ0v) is 18.2. The van der Waals surface area contributed by atoms with E-state index in [0.717, 1.165) is 27.9 Å². The summed E-state index contributed by atoms with van der Waals surface area (Å²) in [5, 5.41) is 23.4. The van der Waals surface area contributed by atoms with Crippen LogP contribution in [-0.2, 0) is 4.74 Å². The molecule has 0 spiro atoms. The maximum absolute atomic E-state index is 12.3. The number of nitrogens with zero attached hydrogens (tertiary/aromatic N) is 1. The van der Waals surface area contributed by atoms with Crippen molar-refractivity contribution in [2.45, 2.75) is 18.1 Å². The molecule has 2 unspecified atom stereocenters. The number of rotatable bonds is 7. The minimum absolute atomic E-state index is 0.0302. The average molecular weight is 433 g/mol. The van der Waals surface area contributed by atoms with Crippen LogP contribution in [0.15, 0.2) is 72.8 Å². The van der Waals surface area contributed by atoms with Gasteiger partial charge >= 0.3 is 6.09 Å². The van der Waals surface area contributed by atoms with E-state index in [1.165, 1.54) is 0 Å². The Bertz CT molecular complexity index is 1050. The predicted octanol–water partition coefficient (Wildman–Crippen LogP) is 3.69. The summed E-state index contributed by atoms with van der Waals surface area (Å²) in [7, 11) is 3.81. The van der Waals surface area contributed by atoms with Gasteiger partial charge in [-0.05, 0) is 39.9 Å². The highest BCUT2D eigenvalue weighted by Gasteiger charge is 2.29. The quantitative estimate of drug-likeness (QED) is 0.531. The molecule has 3 aromatic carbocycles.